The second-order valence-corrected chi connectivity index (χ2v) is 4.56. The summed E-state index contributed by atoms with van der Waals surface area (Å²) >= 11 is 5.50. The lowest BCUT2D eigenvalue weighted by molar-refractivity contribution is -0.137. The Bertz CT molecular complexity index is 461. The average molecular weight is 295 g/mol. The third kappa shape index (κ3) is 4.63. The zero-order valence-electron chi connectivity index (χ0n) is 10.5. The fourth-order valence-electron chi connectivity index (χ4n) is 1.39. The Morgan fingerprint density at radius 1 is 1.37 bits per heavy atom. The van der Waals surface area contributed by atoms with Gasteiger partial charge in [-0.1, -0.05) is 11.6 Å². The van der Waals surface area contributed by atoms with E-state index in [1.54, 1.807) is 14.1 Å². The number of carbonyl (C=O) groups excluding carboxylic acids is 1. The number of anilines is 1. The summed E-state index contributed by atoms with van der Waals surface area (Å²) in [5.74, 6) is -0.0995. The smallest absolute Gasteiger partial charge is 0.385 e. The van der Waals surface area contributed by atoms with Gasteiger partial charge in [-0.15, -0.1) is 0 Å². The molecule has 0 spiro atoms. The van der Waals surface area contributed by atoms with Gasteiger partial charge in [-0.05, 0) is 18.2 Å². The van der Waals surface area contributed by atoms with Crippen LogP contribution >= 0.6 is 11.6 Å². The van der Waals surface area contributed by atoms with E-state index in [1.807, 2.05) is 0 Å². The van der Waals surface area contributed by atoms with Crippen LogP contribution in [0.25, 0.3) is 0 Å². The Kier molecular flexibility index (Phi) is 5.05. The zero-order chi connectivity index (χ0) is 14.6. The Labute approximate surface area is 114 Å². The lowest BCUT2D eigenvalue weighted by Crippen LogP contribution is -2.23. The molecular formula is C12H14ClF3N2O. The summed E-state index contributed by atoms with van der Waals surface area (Å²) in [6.45, 7) is 0.260. The first-order valence-corrected chi connectivity index (χ1v) is 5.90. The molecule has 0 fully saturated rings. The van der Waals surface area contributed by atoms with Crippen LogP contribution < -0.4 is 5.32 Å². The minimum Gasteiger partial charge on any atom is -0.385 e. The summed E-state index contributed by atoms with van der Waals surface area (Å²) in [5.41, 5.74) is -0.610. The molecule has 7 heteroatoms. The van der Waals surface area contributed by atoms with Crippen LogP contribution in [0.3, 0.4) is 0 Å². The van der Waals surface area contributed by atoms with Crippen molar-refractivity contribution in [3.63, 3.8) is 0 Å². The van der Waals surface area contributed by atoms with Gasteiger partial charge in [-0.25, -0.2) is 0 Å². The molecule has 1 aromatic carbocycles. The monoisotopic (exact) mass is 294 g/mol. The number of alkyl halides is 3. The molecule has 0 aliphatic carbocycles. The maximum Gasteiger partial charge on any atom is 0.417 e. The first-order valence-electron chi connectivity index (χ1n) is 5.52. The van der Waals surface area contributed by atoms with E-state index in [2.05, 4.69) is 5.32 Å². The SMILES string of the molecule is CN(C)C(=O)CCNc1ccc(Cl)c(C(F)(F)F)c1. The number of nitrogens with one attached hydrogen (secondary N) is 1. The molecule has 0 saturated carbocycles. The fourth-order valence-corrected chi connectivity index (χ4v) is 1.61. The van der Waals surface area contributed by atoms with Crippen molar-refractivity contribution >= 4 is 23.2 Å². The molecule has 0 saturated heterocycles. The van der Waals surface area contributed by atoms with Crippen molar-refractivity contribution in [1.29, 1.82) is 0 Å². The van der Waals surface area contributed by atoms with Crippen LogP contribution in [0.5, 0.6) is 0 Å². The van der Waals surface area contributed by atoms with Gasteiger partial charge >= 0.3 is 6.18 Å². The van der Waals surface area contributed by atoms with Crippen molar-refractivity contribution in [3.8, 4) is 0 Å². The summed E-state index contributed by atoms with van der Waals surface area (Å²) in [7, 11) is 3.23. The quantitative estimate of drug-likeness (QED) is 0.924. The van der Waals surface area contributed by atoms with Crippen LogP contribution in [0.4, 0.5) is 18.9 Å². The second-order valence-electron chi connectivity index (χ2n) is 4.16. The van der Waals surface area contributed by atoms with Gasteiger partial charge in [0, 0.05) is 32.7 Å². The lowest BCUT2D eigenvalue weighted by atomic mass is 10.2. The molecular weight excluding hydrogens is 281 g/mol. The van der Waals surface area contributed by atoms with Crippen LogP contribution in [-0.2, 0) is 11.0 Å². The Hall–Kier alpha value is -1.43. The largest absolute Gasteiger partial charge is 0.417 e. The molecule has 0 radical (unpaired) electrons. The van der Waals surface area contributed by atoms with E-state index in [0.29, 0.717) is 0 Å². The standard InChI is InChI=1S/C12H14ClF3N2O/c1-18(2)11(19)5-6-17-8-3-4-10(13)9(7-8)12(14,15)16/h3-4,7,17H,5-6H2,1-2H3. The van der Waals surface area contributed by atoms with Gasteiger partial charge in [0.2, 0.25) is 5.91 Å². The Morgan fingerprint density at radius 2 is 2.00 bits per heavy atom. The highest BCUT2D eigenvalue weighted by molar-refractivity contribution is 6.31. The van der Waals surface area contributed by atoms with Gasteiger partial charge in [0.05, 0.1) is 10.6 Å². The van der Waals surface area contributed by atoms with Gasteiger partial charge in [0.1, 0.15) is 0 Å². The van der Waals surface area contributed by atoms with Crippen molar-refractivity contribution < 1.29 is 18.0 Å². The minimum absolute atomic E-state index is 0.0995. The van der Waals surface area contributed by atoms with Gasteiger partial charge in [0.15, 0.2) is 0 Å². The van der Waals surface area contributed by atoms with E-state index < -0.39 is 11.7 Å². The number of nitrogens with zero attached hydrogens (tertiary/aromatic N) is 1. The molecule has 3 nitrogen and oxygen atoms in total. The highest BCUT2D eigenvalue weighted by Crippen LogP contribution is 2.36. The average Bonchev–Trinajstić information content (AvgIpc) is 2.29. The molecule has 0 heterocycles. The van der Waals surface area contributed by atoms with Crippen molar-refractivity contribution in [2.24, 2.45) is 0 Å². The van der Waals surface area contributed by atoms with Crippen LogP contribution in [0.15, 0.2) is 18.2 Å². The van der Waals surface area contributed by atoms with Gasteiger partial charge in [0.25, 0.3) is 0 Å². The van der Waals surface area contributed by atoms with E-state index >= 15 is 0 Å². The molecule has 0 unspecified atom stereocenters. The summed E-state index contributed by atoms with van der Waals surface area (Å²) < 4.78 is 37.8. The molecule has 0 aromatic heterocycles. The number of benzene rings is 1. The highest BCUT2D eigenvalue weighted by Gasteiger charge is 2.33. The number of rotatable bonds is 4. The summed E-state index contributed by atoms with van der Waals surface area (Å²) in [6.07, 6.45) is -4.29. The van der Waals surface area contributed by atoms with E-state index in [-0.39, 0.29) is 29.6 Å². The van der Waals surface area contributed by atoms with Crippen molar-refractivity contribution in [2.45, 2.75) is 12.6 Å². The maximum absolute atomic E-state index is 12.6. The van der Waals surface area contributed by atoms with Crippen LogP contribution in [-0.4, -0.2) is 31.4 Å². The van der Waals surface area contributed by atoms with Crippen molar-refractivity contribution in [3.05, 3.63) is 28.8 Å². The topological polar surface area (TPSA) is 32.3 Å². The van der Waals surface area contributed by atoms with Gasteiger partial charge in [-0.3, -0.25) is 4.79 Å². The molecule has 0 aliphatic rings. The number of amides is 1. The first kappa shape index (κ1) is 15.6. The normalized spacial score (nSPS) is 11.3. The summed E-state index contributed by atoms with van der Waals surface area (Å²) in [5, 5.41) is 2.42. The van der Waals surface area contributed by atoms with E-state index in [0.717, 1.165) is 6.07 Å². The summed E-state index contributed by atoms with van der Waals surface area (Å²) in [4.78, 5) is 12.7. The third-order valence-electron chi connectivity index (χ3n) is 2.44. The first-order chi connectivity index (χ1) is 8.71. The minimum atomic E-state index is -4.49. The fraction of sp³-hybridized carbons (Fsp3) is 0.417. The second kappa shape index (κ2) is 6.14. The zero-order valence-corrected chi connectivity index (χ0v) is 11.3. The number of hydrogen-bond acceptors (Lipinski definition) is 2. The van der Waals surface area contributed by atoms with Crippen LogP contribution in [0, 0.1) is 0 Å². The predicted molar refractivity (Wildman–Crippen MR) is 68.3 cm³/mol. The summed E-state index contributed by atoms with van der Waals surface area (Å²) in [6, 6.07) is 3.56. The number of halogens is 4. The van der Waals surface area contributed by atoms with E-state index in [1.165, 1.54) is 17.0 Å². The highest BCUT2D eigenvalue weighted by atomic mass is 35.5. The third-order valence-corrected chi connectivity index (χ3v) is 2.77. The van der Waals surface area contributed by atoms with Crippen LogP contribution in [0.2, 0.25) is 5.02 Å². The predicted octanol–water partition coefficient (Wildman–Crippen LogP) is 3.25. The molecule has 0 aliphatic heterocycles. The molecule has 0 bridgehead atoms. The van der Waals surface area contributed by atoms with E-state index in [4.69, 9.17) is 11.6 Å². The van der Waals surface area contributed by atoms with Gasteiger partial charge in [-0.2, -0.15) is 13.2 Å². The molecule has 19 heavy (non-hydrogen) atoms. The van der Waals surface area contributed by atoms with Crippen LogP contribution in [0.1, 0.15) is 12.0 Å². The van der Waals surface area contributed by atoms with Crippen molar-refractivity contribution in [2.75, 3.05) is 26.0 Å². The molecule has 1 rings (SSSR count). The molecule has 0 atom stereocenters. The Morgan fingerprint density at radius 3 is 2.53 bits per heavy atom. The molecule has 106 valence electrons. The van der Waals surface area contributed by atoms with Crippen molar-refractivity contribution in [1.82, 2.24) is 4.90 Å². The molecule has 1 aromatic rings. The lowest BCUT2D eigenvalue weighted by Gasteiger charge is -2.13. The molecule has 1 N–H and O–H groups in total. The Balaban J connectivity index is 2.68. The molecule has 1 amide bonds. The number of carbonyl (C=O) groups is 1. The van der Waals surface area contributed by atoms with Gasteiger partial charge < -0.3 is 10.2 Å². The maximum atomic E-state index is 12.6. The number of hydrogen-bond donors (Lipinski definition) is 1. The van der Waals surface area contributed by atoms with E-state index in [9.17, 15) is 18.0 Å².